The molecule has 0 aliphatic carbocycles. The predicted octanol–water partition coefficient (Wildman–Crippen LogP) is -1.71. The van der Waals surface area contributed by atoms with Crippen LogP contribution in [0.1, 0.15) is 0 Å². The number of nitrogens with zero attached hydrogens (tertiary/aromatic N) is 2. The summed E-state index contributed by atoms with van der Waals surface area (Å²) in [6.07, 6.45) is 0. The molecule has 3 N–H and O–H groups in total. The van der Waals surface area contributed by atoms with E-state index in [1.54, 1.807) is 6.07 Å². The molecular formula is C9H16N4O2. The van der Waals surface area contributed by atoms with Crippen LogP contribution in [0, 0.1) is 11.3 Å². The van der Waals surface area contributed by atoms with Crippen LogP contribution in [0.3, 0.4) is 0 Å². The number of carbonyl (C=O) groups excluding carboxylic acids is 1. The summed E-state index contributed by atoms with van der Waals surface area (Å²) in [6, 6.07) is 0.625. The Bertz CT molecular complexity index is 245. The number of rotatable bonds is 4. The summed E-state index contributed by atoms with van der Waals surface area (Å²) < 4.78 is 5.19. The monoisotopic (exact) mass is 212 g/mol. The lowest BCUT2D eigenvalue weighted by molar-refractivity contribution is -0.121. The Morgan fingerprint density at radius 3 is 2.87 bits per heavy atom. The van der Waals surface area contributed by atoms with Crippen LogP contribution in [0.25, 0.3) is 0 Å². The van der Waals surface area contributed by atoms with Gasteiger partial charge in [-0.2, -0.15) is 5.26 Å². The van der Waals surface area contributed by atoms with Gasteiger partial charge in [0.2, 0.25) is 0 Å². The second kappa shape index (κ2) is 6.35. The molecule has 1 rings (SSSR count). The predicted molar refractivity (Wildman–Crippen MR) is 53.9 cm³/mol. The Balaban J connectivity index is 2.10. The summed E-state index contributed by atoms with van der Waals surface area (Å²) in [7, 11) is 0. The summed E-state index contributed by atoms with van der Waals surface area (Å²) >= 11 is 0. The van der Waals surface area contributed by atoms with Crippen LogP contribution < -0.4 is 11.1 Å². The first-order valence-corrected chi connectivity index (χ1v) is 4.97. The second-order valence-electron chi connectivity index (χ2n) is 3.35. The zero-order valence-corrected chi connectivity index (χ0v) is 8.61. The second-order valence-corrected chi connectivity index (χ2v) is 3.35. The van der Waals surface area contributed by atoms with Crippen LogP contribution in [0.4, 0.5) is 0 Å². The number of nitriles is 1. The van der Waals surface area contributed by atoms with Crippen molar-refractivity contribution in [3.63, 3.8) is 0 Å². The summed E-state index contributed by atoms with van der Waals surface area (Å²) in [4.78, 5) is 13.3. The van der Waals surface area contributed by atoms with Gasteiger partial charge in [0.25, 0.3) is 5.91 Å². The van der Waals surface area contributed by atoms with Crippen molar-refractivity contribution in [2.75, 3.05) is 39.4 Å². The number of hydrogen-bond acceptors (Lipinski definition) is 5. The highest BCUT2D eigenvalue weighted by molar-refractivity contribution is 5.84. The van der Waals surface area contributed by atoms with E-state index >= 15 is 0 Å². The van der Waals surface area contributed by atoms with Crippen molar-refractivity contribution in [2.45, 2.75) is 6.04 Å². The van der Waals surface area contributed by atoms with Crippen molar-refractivity contribution >= 4 is 5.91 Å². The minimum Gasteiger partial charge on any atom is -0.379 e. The van der Waals surface area contributed by atoms with E-state index in [0.717, 1.165) is 32.8 Å². The molecule has 84 valence electrons. The molecule has 1 aliphatic rings. The third-order valence-corrected chi connectivity index (χ3v) is 2.25. The number of hydrogen-bond donors (Lipinski definition) is 2. The molecule has 1 fully saturated rings. The average molecular weight is 212 g/mol. The van der Waals surface area contributed by atoms with Crippen LogP contribution >= 0.6 is 0 Å². The standard InChI is InChI=1S/C9H16N4O2/c10-7-8(11)9(14)12-1-2-13-3-5-15-6-4-13/h8H,1-6,11H2,(H,12,14). The largest absolute Gasteiger partial charge is 0.379 e. The van der Waals surface area contributed by atoms with Crippen LogP contribution in [0.2, 0.25) is 0 Å². The molecule has 6 heteroatoms. The molecule has 15 heavy (non-hydrogen) atoms. The first kappa shape index (κ1) is 11.9. The van der Waals surface area contributed by atoms with E-state index in [9.17, 15) is 4.79 Å². The first-order valence-electron chi connectivity index (χ1n) is 4.97. The molecule has 0 bridgehead atoms. The average Bonchev–Trinajstić information content (AvgIpc) is 2.29. The fraction of sp³-hybridized carbons (Fsp3) is 0.778. The maximum atomic E-state index is 11.1. The number of nitrogens with one attached hydrogen (secondary N) is 1. The van der Waals surface area contributed by atoms with Gasteiger partial charge in [-0.3, -0.25) is 9.69 Å². The maximum Gasteiger partial charge on any atom is 0.251 e. The Morgan fingerprint density at radius 1 is 1.60 bits per heavy atom. The van der Waals surface area contributed by atoms with Crippen LogP contribution in [-0.4, -0.2) is 56.2 Å². The Morgan fingerprint density at radius 2 is 2.27 bits per heavy atom. The lowest BCUT2D eigenvalue weighted by Crippen LogP contribution is -2.45. The minimum atomic E-state index is -1.06. The smallest absolute Gasteiger partial charge is 0.251 e. The Hall–Kier alpha value is -1.16. The highest BCUT2D eigenvalue weighted by atomic mass is 16.5. The topological polar surface area (TPSA) is 91.4 Å². The molecule has 0 radical (unpaired) electrons. The van der Waals surface area contributed by atoms with Crippen LogP contribution in [-0.2, 0) is 9.53 Å². The molecule has 0 aromatic rings. The summed E-state index contributed by atoms with van der Waals surface area (Å²) in [5.41, 5.74) is 5.23. The number of morpholine rings is 1. The molecule has 1 amide bonds. The molecule has 0 saturated carbocycles. The third-order valence-electron chi connectivity index (χ3n) is 2.25. The quantitative estimate of drug-likeness (QED) is 0.578. The van der Waals surface area contributed by atoms with E-state index in [1.807, 2.05) is 0 Å². The van der Waals surface area contributed by atoms with Gasteiger partial charge in [0.1, 0.15) is 0 Å². The normalized spacial score (nSPS) is 19.2. The van der Waals surface area contributed by atoms with Gasteiger partial charge in [-0.1, -0.05) is 0 Å². The third kappa shape index (κ3) is 4.25. The number of carbonyl (C=O) groups is 1. The van der Waals surface area contributed by atoms with Gasteiger partial charge in [-0.05, 0) is 0 Å². The molecule has 0 aromatic heterocycles. The van der Waals surface area contributed by atoms with Gasteiger partial charge < -0.3 is 15.8 Å². The van der Waals surface area contributed by atoms with Crippen molar-refractivity contribution in [1.29, 1.82) is 5.26 Å². The molecule has 1 atom stereocenters. The van der Waals surface area contributed by atoms with Crippen molar-refractivity contribution < 1.29 is 9.53 Å². The summed E-state index contributed by atoms with van der Waals surface area (Å²) in [5.74, 6) is -0.411. The summed E-state index contributed by atoms with van der Waals surface area (Å²) in [6.45, 7) is 4.55. The number of nitrogens with two attached hydrogens (primary N) is 1. The highest BCUT2D eigenvalue weighted by Crippen LogP contribution is 1.94. The van der Waals surface area contributed by atoms with Crippen molar-refractivity contribution in [3.8, 4) is 6.07 Å². The number of amides is 1. The highest BCUT2D eigenvalue weighted by Gasteiger charge is 2.13. The van der Waals surface area contributed by atoms with Crippen molar-refractivity contribution in [1.82, 2.24) is 10.2 Å². The fourth-order valence-electron chi connectivity index (χ4n) is 1.33. The SMILES string of the molecule is N#CC(N)C(=O)NCCN1CCOCC1. The Labute approximate surface area is 89.0 Å². The summed E-state index contributed by atoms with van der Waals surface area (Å²) in [5, 5.41) is 11.0. The fourth-order valence-corrected chi connectivity index (χ4v) is 1.33. The molecule has 1 aliphatic heterocycles. The van der Waals surface area contributed by atoms with Gasteiger partial charge >= 0.3 is 0 Å². The van der Waals surface area contributed by atoms with Crippen molar-refractivity contribution in [2.24, 2.45) is 5.73 Å². The van der Waals surface area contributed by atoms with E-state index in [-0.39, 0.29) is 0 Å². The van der Waals surface area contributed by atoms with Gasteiger partial charge in [0.15, 0.2) is 6.04 Å². The number of ether oxygens (including phenoxy) is 1. The first-order chi connectivity index (χ1) is 7.24. The zero-order valence-electron chi connectivity index (χ0n) is 8.61. The van der Waals surface area contributed by atoms with Gasteiger partial charge in [-0.15, -0.1) is 0 Å². The van der Waals surface area contributed by atoms with Gasteiger partial charge in [0.05, 0.1) is 19.3 Å². The van der Waals surface area contributed by atoms with E-state index < -0.39 is 11.9 Å². The van der Waals surface area contributed by atoms with Gasteiger partial charge in [0, 0.05) is 26.2 Å². The molecule has 1 heterocycles. The zero-order chi connectivity index (χ0) is 11.1. The molecular weight excluding hydrogens is 196 g/mol. The van der Waals surface area contributed by atoms with E-state index in [1.165, 1.54) is 0 Å². The lowest BCUT2D eigenvalue weighted by atomic mass is 10.3. The molecule has 0 aromatic carbocycles. The van der Waals surface area contributed by atoms with Crippen molar-refractivity contribution in [3.05, 3.63) is 0 Å². The maximum absolute atomic E-state index is 11.1. The van der Waals surface area contributed by atoms with Crippen LogP contribution in [0.5, 0.6) is 0 Å². The lowest BCUT2D eigenvalue weighted by Gasteiger charge is -2.26. The Kier molecular flexibility index (Phi) is 5.04. The van der Waals surface area contributed by atoms with E-state index in [4.69, 9.17) is 15.7 Å². The van der Waals surface area contributed by atoms with Crippen LogP contribution in [0.15, 0.2) is 0 Å². The van der Waals surface area contributed by atoms with Gasteiger partial charge in [-0.25, -0.2) is 0 Å². The minimum absolute atomic E-state index is 0.411. The molecule has 6 nitrogen and oxygen atoms in total. The van der Waals surface area contributed by atoms with E-state index in [2.05, 4.69) is 10.2 Å². The molecule has 1 unspecified atom stereocenters. The molecule has 1 saturated heterocycles. The van der Waals surface area contributed by atoms with E-state index in [0.29, 0.717) is 6.54 Å². The molecule has 0 spiro atoms.